The maximum atomic E-state index is 11.7. The number of nitrogens with zero attached hydrogens (tertiary/aromatic N) is 2. The maximum absolute atomic E-state index is 11.7. The Morgan fingerprint density at radius 2 is 2.00 bits per heavy atom. The van der Waals surface area contributed by atoms with Crippen LogP contribution in [0.3, 0.4) is 0 Å². The van der Waals surface area contributed by atoms with Crippen LogP contribution in [0, 0.1) is 0 Å². The van der Waals surface area contributed by atoms with Crippen LogP contribution < -0.4 is 16.6 Å². The van der Waals surface area contributed by atoms with Gasteiger partial charge >= 0.3 is 0 Å². The molecular formula is C16H13N5O2. The highest BCUT2D eigenvalue weighted by atomic mass is 16.2. The minimum atomic E-state index is -0.845. The largest absolute Gasteiger partial charge is 0.365 e. The quantitative estimate of drug-likeness (QED) is 0.678. The Morgan fingerprint density at radius 3 is 2.74 bits per heavy atom. The number of aromatic amines is 1. The SMILES string of the molecule is NC(=O)c1c(Nc2cccc(-c3ccccn3)c2)nc[nH]c1=O. The number of nitrogens with one attached hydrogen (secondary N) is 2. The second-order valence-corrected chi connectivity index (χ2v) is 4.74. The Bertz CT molecular complexity index is 906. The smallest absolute Gasteiger partial charge is 0.265 e. The van der Waals surface area contributed by atoms with E-state index in [1.54, 1.807) is 12.3 Å². The summed E-state index contributed by atoms with van der Waals surface area (Å²) in [6.07, 6.45) is 2.92. The van der Waals surface area contributed by atoms with Gasteiger partial charge in [-0.3, -0.25) is 14.6 Å². The van der Waals surface area contributed by atoms with Gasteiger partial charge in [0.05, 0.1) is 12.0 Å². The summed E-state index contributed by atoms with van der Waals surface area (Å²) in [6, 6.07) is 13.0. The van der Waals surface area contributed by atoms with E-state index >= 15 is 0 Å². The second kappa shape index (κ2) is 6.10. The van der Waals surface area contributed by atoms with Gasteiger partial charge in [0.15, 0.2) is 5.82 Å². The summed E-state index contributed by atoms with van der Waals surface area (Å²) < 4.78 is 0. The lowest BCUT2D eigenvalue weighted by atomic mass is 10.1. The average Bonchev–Trinajstić information content (AvgIpc) is 2.56. The van der Waals surface area contributed by atoms with Gasteiger partial charge in [-0.2, -0.15) is 0 Å². The molecule has 3 rings (SSSR count). The number of primary amides is 1. The zero-order chi connectivity index (χ0) is 16.2. The molecule has 0 aliphatic heterocycles. The van der Waals surface area contributed by atoms with E-state index in [0.717, 1.165) is 11.3 Å². The molecule has 0 aliphatic carbocycles. The molecular weight excluding hydrogens is 294 g/mol. The number of anilines is 2. The van der Waals surface area contributed by atoms with Crippen molar-refractivity contribution >= 4 is 17.4 Å². The van der Waals surface area contributed by atoms with Gasteiger partial charge < -0.3 is 16.0 Å². The van der Waals surface area contributed by atoms with Gasteiger partial charge in [-0.15, -0.1) is 0 Å². The highest BCUT2D eigenvalue weighted by Crippen LogP contribution is 2.23. The molecule has 3 aromatic rings. The van der Waals surface area contributed by atoms with Crippen LogP contribution in [0.15, 0.2) is 59.8 Å². The molecule has 0 saturated heterocycles. The number of carbonyl (C=O) groups is 1. The Hall–Kier alpha value is -3.48. The topological polar surface area (TPSA) is 114 Å². The number of benzene rings is 1. The van der Waals surface area contributed by atoms with E-state index in [1.807, 2.05) is 36.4 Å². The van der Waals surface area contributed by atoms with Crippen molar-refractivity contribution in [3.05, 3.63) is 70.9 Å². The van der Waals surface area contributed by atoms with Crippen LogP contribution in [-0.4, -0.2) is 20.9 Å². The molecule has 7 heteroatoms. The zero-order valence-corrected chi connectivity index (χ0v) is 12.0. The van der Waals surface area contributed by atoms with Gasteiger partial charge in [0, 0.05) is 17.4 Å². The Kier molecular flexibility index (Phi) is 3.84. The molecule has 0 radical (unpaired) electrons. The molecule has 0 spiro atoms. The van der Waals surface area contributed by atoms with E-state index in [1.165, 1.54) is 6.33 Å². The zero-order valence-electron chi connectivity index (χ0n) is 12.0. The lowest BCUT2D eigenvalue weighted by Crippen LogP contribution is -2.25. The maximum Gasteiger partial charge on any atom is 0.265 e. The Balaban J connectivity index is 1.98. The molecule has 0 atom stereocenters. The monoisotopic (exact) mass is 307 g/mol. The number of carbonyl (C=O) groups excluding carboxylic acids is 1. The van der Waals surface area contributed by atoms with Crippen molar-refractivity contribution in [2.75, 3.05) is 5.32 Å². The predicted octanol–water partition coefficient (Wildman–Crippen LogP) is 1.67. The number of amides is 1. The van der Waals surface area contributed by atoms with E-state index in [4.69, 9.17) is 5.73 Å². The van der Waals surface area contributed by atoms with Gasteiger partial charge in [0.25, 0.3) is 11.5 Å². The van der Waals surface area contributed by atoms with Crippen LogP contribution in [0.4, 0.5) is 11.5 Å². The fraction of sp³-hybridized carbons (Fsp3) is 0. The molecule has 0 bridgehead atoms. The first-order chi connectivity index (χ1) is 11.1. The lowest BCUT2D eigenvalue weighted by Gasteiger charge is -2.09. The van der Waals surface area contributed by atoms with E-state index < -0.39 is 11.5 Å². The van der Waals surface area contributed by atoms with Gasteiger partial charge in [-0.05, 0) is 24.3 Å². The number of nitrogens with two attached hydrogens (primary N) is 1. The van der Waals surface area contributed by atoms with Crippen molar-refractivity contribution in [2.45, 2.75) is 0 Å². The second-order valence-electron chi connectivity index (χ2n) is 4.74. The average molecular weight is 307 g/mol. The van der Waals surface area contributed by atoms with Crippen molar-refractivity contribution in [1.29, 1.82) is 0 Å². The van der Waals surface area contributed by atoms with Crippen molar-refractivity contribution in [2.24, 2.45) is 5.73 Å². The summed E-state index contributed by atoms with van der Waals surface area (Å²) in [7, 11) is 0. The first kappa shape index (κ1) is 14.5. The molecule has 2 aromatic heterocycles. The first-order valence-corrected chi connectivity index (χ1v) is 6.81. The molecule has 23 heavy (non-hydrogen) atoms. The predicted molar refractivity (Wildman–Crippen MR) is 86.3 cm³/mol. The third kappa shape index (κ3) is 3.08. The van der Waals surface area contributed by atoms with E-state index in [9.17, 15) is 9.59 Å². The van der Waals surface area contributed by atoms with E-state index in [2.05, 4.69) is 20.3 Å². The summed E-state index contributed by atoms with van der Waals surface area (Å²) in [5, 5.41) is 2.95. The fourth-order valence-corrected chi connectivity index (χ4v) is 2.15. The normalized spacial score (nSPS) is 10.3. The molecule has 2 heterocycles. The number of aromatic nitrogens is 3. The van der Waals surface area contributed by atoms with E-state index in [-0.39, 0.29) is 11.4 Å². The Morgan fingerprint density at radius 1 is 1.13 bits per heavy atom. The highest BCUT2D eigenvalue weighted by molar-refractivity contribution is 5.97. The van der Waals surface area contributed by atoms with Gasteiger partial charge in [0.2, 0.25) is 0 Å². The first-order valence-electron chi connectivity index (χ1n) is 6.81. The standard InChI is InChI=1S/C16H13N5O2/c17-14(22)13-15(19-9-20-16(13)23)21-11-5-3-4-10(8-11)12-6-1-2-7-18-12/h1-9H,(H2,17,22)(H2,19,20,21,23). The Labute approximate surface area is 131 Å². The number of hydrogen-bond acceptors (Lipinski definition) is 5. The van der Waals surface area contributed by atoms with Gasteiger partial charge in [0.1, 0.15) is 5.56 Å². The van der Waals surface area contributed by atoms with Crippen LogP contribution in [0.1, 0.15) is 10.4 Å². The molecule has 1 aromatic carbocycles. The van der Waals surface area contributed by atoms with Crippen molar-refractivity contribution < 1.29 is 4.79 Å². The summed E-state index contributed by atoms with van der Waals surface area (Å²) in [5.41, 5.74) is 6.80. The fourth-order valence-electron chi connectivity index (χ4n) is 2.15. The van der Waals surface area contributed by atoms with Crippen molar-refractivity contribution in [3.8, 4) is 11.3 Å². The van der Waals surface area contributed by atoms with Crippen molar-refractivity contribution in [3.63, 3.8) is 0 Å². The van der Waals surface area contributed by atoms with Crippen LogP contribution in [0.5, 0.6) is 0 Å². The van der Waals surface area contributed by atoms with Crippen LogP contribution in [0.2, 0.25) is 0 Å². The summed E-state index contributed by atoms with van der Waals surface area (Å²) >= 11 is 0. The molecule has 0 unspecified atom stereocenters. The number of pyridine rings is 1. The van der Waals surface area contributed by atoms with Crippen LogP contribution in [-0.2, 0) is 0 Å². The molecule has 4 N–H and O–H groups in total. The summed E-state index contributed by atoms with van der Waals surface area (Å²) in [5.74, 6) is -0.734. The third-order valence-corrected chi connectivity index (χ3v) is 3.19. The summed E-state index contributed by atoms with van der Waals surface area (Å²) in [4.78, 5) is 33.7. The van der Waals surface area contributed by atoms with Crippen LogP contribution >= 0.6 is 0 Å². The lowest BCUT2D eigenvalue weighted by molar-refractivity contribution is 0.0999. The van der Waals surface area contributed by atoms with Gasteiger partial charge in [-0.1, -0.05) is 18.2 Å². The molecule has 114 valence electrons. The number of rotatable bonds is 4. The molecule has 0 saturated carbocycles. The van der Waals surface area contributed by atoms with E-state index in [0.29, 0.717) is 5.69 Å². The molecule has 1 amide bonds. The molecule has 0 fully saturated rings. The third-order valence-electron chi connectivity index (χ3n) is 3.19. The number of H-pyrrole nitrogens is 1. The molecule has 0 aliphatic rings. The minimum Gasteiger partial charge on any atom is -0.365 e. The summed E-state index contributed by atoms with van der Waals surface area (Å²) in [6.45, 7) is 0. The molecule has 7 nitrogen and oxygen atoms in total. The number of hydrogen-bond donors (Lipinski definition) is 3. The van der Waals surface area contributed by atoms with Crippen molar-refractivity contribution in [1.82, 2.24) is 15.0 Å². The minimum absolute atomic E-state index is 0.111. The van der Waals surface area contributed by atoms with Gasteiger partial charge in [-0.25, -0.2) is 4.98 Å². The highest BCUT2D eigenvalue weighted by Gasteiger charge is 2.14. The van der Waals surface area contributed by atoms with Crippen LogP contribution in [0.25, 0.3) is 11.3 Å².